The molecule has 1 aromatic heterocycles. The van der Waals surface area contributed by atoms with E-state index in [4.69, 9.17) is 0 Å². The number of aromatic nitrogens is 1. The fourth-order valence-corrected chi connectivity index (χ4v) is 5.55. The largest absolute Gasteiger partial charge is 0.308 e. The minimum atomic E-state index is 1.20. The van der Waals surface area contributed by atoms with E-state index in [2.05, 4.69) is 121 Å². The van der Waals surface area contributed by atoms with Gasteiger partial charge in [-0.2, -0.15) is 0 Å². The summed E-state index contributed by atoms with van der Waals surface area (Å²) in [6, 6.07) is 39.7. The first-order valence-electron chi connectivity index (χ1n) is 11.1. The fraction of sp³-hybridized carbons (Fsp3) is 0.0323. The van der Waals surface area contributed by atoms with Crippen LogP contribution >= 0.6 is 0 Å². The topological polar surface area (TPSA) is 4.93 Å². The number of hydrogen-bond donors (Lipinski definition) is 0. The summed E-state index contributed by atoms with van der Waals surface area (Å²) in [5, 5.41) is 10.5. The highest BCUT2D eigenvalue weighted by Crippen LogP contribution is 2.44. The van der Waals surface area contributed by atoms with Crippen LogP contribution in [0.1, 0.15) is 5.56 Å². The highest BCUT2D eigenvalue weighted by atomic mass is 15.0. The van der Waals surface area contributed by atoms with E-state index in [0.29, 0.717) is 0 Å². The maximum Gasteiger partial charge on any atom is 0.0626 e. The van der Waals surface area contributed by atoms with Gasteiger partial charge in [-0.1, -0.05) is 91.0 Å². The van der Waals surface area contributed by atoms with Gasteiger partial charge in [-0.15, -0.1) is 0 Å². The second-order valence-electron chi connectivity index (χ2n) is 8.62. The van der Waals surface area contributed by atoms with E-state index in [1.807, 2.05) is 0 Å². The molecule has 0 atom stereocenters. The Hall–Kier alpha value is -4.10. The molecule has 0 aliphatic rings. The van der Waals surface area contributed by atoms with Gasteiger partial charge in [0.2, 0.25) is 0 Å². The zero-order valence-electron chi connectivity index (χ0n) is 17.8. The molecule has 1 heterocycles. The van der Waals surface area contributed by atoms with Crippen molar-refractivity contribution < 1.29 is 0 Å². The summed E-state index contributed by atoms with van der Waals surface area (Å²) in [6.45, 7) is 2.23. The molecule has 32 heavy (non-hydrogen) atoms. The van der Waals surface area contributed by atoms with Crippen molar-refractivity contribution in [2.75, 3.05) is 0 Å². The Morgan fingerprint density at radius 2 is 0.938 bits per heavy atom. The average molecular weight is 408 g/mol. The van der Waals surface area contributed by atoms with Crippen LogP contribution in [0.5, 0.6) is 0 Å². The van der Waals surface area contributed by atoms with Crippen molar-refractivity contribution in [2.45, 2.75) is 6.92 Å². The summed E-state index contributed by atoms with van der Waals surface area (Å²) >= 11 is 0. The van der Waals surface area contributed by atoms with E-state index in [1.54, 1.807) is 0 Å². The van der Waals surface area contributed by atoms with E-state index in [-0.39, 0.29) is 0 Å². The van der Waals surface area contributed by atoms with Gasteiger partial charge in [-0.25, -0.2) is 0 Å². The monoisotopic (exact) mass is 407 g/mol. The molecule has 0 N–H and O–H groups in total. The zero-order valence-corrected chi connectivity index (χ0v) is 17.8. The Balaban J connectivity index is 1.92. The molecule has 0 spiro atoms. The van der Waals surface area contributed by atoms with E-state index in [0.717, 1.165) is 0 Å². The molecule has 0 radical (unpaired) electrons. The molecule has 1 nitrogen and oxygen atoms in total. The highest BCUT2D eigenvalue weighted by Gasteiger charge is 2.20. The highest BCUT2D eigenvalue weighted by molar-refractivity contribution is 6.34. The normalized spacial score (nSPS) is 11.9. The molecule has 7 aromatic rings. The van der Waals surface area contributed by atoms with Crippen LogP contribution in [0.3, 0.4) is 0 Å². The van der Waals surface area contributed by atoms with Crippen LogP contribution in [-0.2, 0) is 0 Å². The third-order valence-corrected chi connectivity index (χ3v) is 6.86. The molecular weight excluding hydrogens is 386 g/mol. The number of aryl methyl sites for hydroxylation is 1. The molecule has 0 saturated heterocycles. The van der Waals surface area contributed by atoms with Crippen molar-refractivity contribution in [2.24, 2.45) is 0 Å². The summed E-state index contributed by atoms with van der Waals surface area (Å²) in [5.74, 6) is 0. The van der Waals surface area contributed by atoms with Crippen LogP contribution in [-0.4, -0.2) is 4.57 Å². The van der Waals surface area contributed by atoms with Crippen LogP contribution in [0.2, 0.25) is 0 Å². The number of nitrogens with zero attached hydrogens (tertiary/aromatic N) is 1. The van der Waals surface area contributed by atoms with Crippen LogP contribution in [0.4, 0.5) is 0 Å². The molecule has 0 aliphatic heterocycles. The molecule has 0 fully saturated rings. The lowest BCUT2D eigenvalue weighted by atomic mass is 9.95. The lowest BCUT2D eigenvalue weighted by molar-refractivity contribution is 1.19. The number of fused-ring (bicyclic) bond motifs is 10. The first-order valence-corrected chi connectivity index (χ1v) is 11.1. The second kappa shape index (κ2) is 6.45. The Kier molecular flexibility index (Phi) is 3.54. The van der Waals surface area contributed by atoms with Gasteiger partial charge < -0.3 is 4.57 Å². The Morgan fingerprint density at radius 3 is 1.62 bits per heavy atom. The SMILES string of the molecule is Cc1cc2c3c4ccccc4c4ccccc4c3n(-c3ccccc3)c2c2ccccc12. The van der Waals surface area contributed by atoms with Crippen LogP contribution < -0.4 is 0 Å². The van der Waals surface area contributed by atoms with Crippen LogP contribution in [0.15, 0.2) is 109 Å². The minimum Gasteiger partial charge on any atom is -0.308 e. The Bertz CT molecular complexity index is 1820. The fourth-order valence-electron chi connectivity index (χ4n) is 5.55. The third-order valence-electron chi connectivity index (χ3n) is 6.86. The summed E-state index contributed by atoms with van der Waals surface area (Å²) in [5.41, 5.74) is 5.09. The van der Waals surface area contributed by atoms with Gasteiger partial charge in [-0.05, 0) is 52.2 Å². The Morgan fingerprint density at radius 1 is 0.438 bits per heavy atom. The van der Waals surface area contributed by atoms with E-state index in [1.165, 1.54) is 65.4 Å². The molecule has 150 valence electrons. The maximum absolute atomic E-state index is 2.49. The first kappa shape index (κ1) is 17.6. The number of para-hydroxylation sites is 1. The average Bonchev–Trinajstić information content (AvgIpc) is 3.20. The Labute approximate surface area is 186 Å². The molecule has 0 bridgehead atoms. The molecule has 7 rings (SSSR count). The van der Waals surface area contributed by atoms with Gasteiger partial charge in [-0.3, -0.25) is 0 Å². The predicted molar refractivity (Wildman–Crippen MR) is 138 cm³/mol. The second-order valence-corrected chi connectivity index (χ2v) is 8.62. The summed E-state index contributed by atoms with van der Waals surface area (Å²) in [7, 11) is 0. The van der Waals surface area contributed by atoms with Crippen molar-refractivity contribution in [3.8, 4) is 5.69 Å². The first-order chi connectivity index (χ1) is 15.8. The number of rotatable bonds is 1. The van der Waals surface area contributed by atoms with Crippen molar-refractivity contribution in [1.29, 1.82) is 0 Å². The van der Waals surface area contributed by atoms with Crippen LogP contribution in [0, 0.1) is 6.92 Å². The van der Waals surface area contributed by atoms with E-state index >= 15 is 0 Å². The summed E-state index contributed by atoms with van der Waals surface area (Å²) in [4.78, 5) is 0. The molecule has 0 amide bonds. The van der Waals surface area contributed by atoms with Gasteiger partial charge in [0, 0.05) is 27.2 Å². The maximum atomic E-state index is 2.49. The summed E-state index contributed by atoms with van der Waals surface area (Å²) < 4.78 is 2.49. The minimum absolute atomic E-state index is 1.20. The molecule has 1 heteroatoms. The third kappa shape index (κ3) is 2.23. The van der Waals surface area contributed by atoms with E-state index < -0.39 is 0 Å². The smallest absolute Gasteiger partial charge is 0.0626 e. The van der Waals surface area contributed by atoms with Gasteiger partial charge in [0.1, 0.15) is 0 Å². The van der Waals surface area contributed by atoms with E-state index in [9.17, 15) is 0 Å². The van der Waals surface area contributed by atoms with Crippen molar-refractivity contribution in [1.82, 2.24) is 4.57 Å². The molecular formula is C31H21N. The lowest BCUT2D eigenvalue weighted by Crippen LogP contribution is -1.95. The quantitative estimate of drug-likeness (QED) is 0.240. The number of hydrogen-bond acceptors (Lipinski definition) is 0. The van der Waals surface area contributed by atoms with Crippen LogP contribution in [0.25, 0.3) is 59.8 Å². The van der Waals surface area contributed by atoms with Gasteiger partial charge in [0.15, 0.2) is 0 Å². The molecule has 6 aromatic carbocycles. The van der Waals surface area contributed by atoms with Gasteiger partial charge in [0.25, 0.3) is 0 Å². The van der Waals surface area contributed by atoms with Crippen molar-refractivity contribution in [3.63, 3.8) is 0 Å². The van der Waals surface area contributed by atoms with Crippen molar-refractivity contribution in [3.05, 3.63) is 115 Å². The number of benzene rings is 6. The molecule has 0 aliphatic carbocycles. The summed E-state index contributed by atoms with van der Waals surface area (Å²) in [6.07, 6.45) is 0. The van der Waals surface area contributed by atoms with Crippen molar-refractivity contribution >= 4 is 54.1 Å². The van der Waals surface area contributed by atoms with Gasteiger partial charge >= 0.3 is 0 Å². The molecule has 0 unspecified atom stereocenters. The lowest BCUT2D eigenvalue weighted by Gasteiger charge is -2.13. The molecule has 0 saturated carbocycles. The standard InChI is InChI=1S/C31H21N/c1-20-19-28-29-25-16-8-6-14-23(25)24-15-7-10-18-27(24)31(29)32(21-11-3-2-4-12-21)30(28)26-17-9-5-13-22(20)26/h2-19H,1H3. The van der Waals surface area contributed by atoms with Gasteiger partial charge in [0.05, 0.1) is 11.0 Å². The predicted octanol–water partition coefficient (Wildman–Crippen LogP) is 8.55. The zero-order chi connectivity index (χ0) is 21.2.